The fourth-order valence-corrected chi connectivity index (χ4v) is 3.21. The van der Waals surface area contributed by atoms with E-state index in [-0.39, 0.29) is 23.4 Å². The van der Waals surface area contributed by atoms with Crippen LogP contribution in [0.15, 0.2) is 0 Å². The second kappa shape index (κ2) is 4.34. The lowest BCUT2D eigenvalue weighted by atomic mass is 10.0. The number of hydrogen-bond donors (Lipinski definition) is 0. The van der Waals surface area contributed by atoms with Gasteiger partial charge in [0.1, 0.15) is 6.23 Å². The number of ether oxygens (including phenoxy) is 1. The molecule has 0 saturated carbocycles. The van der Waals surface area contributed by atoms with E-state index in [0.29, 0.717) is 12.5 Å². The molecule has 2 aliphatic heterocycles. The molecule has 0 aliphatic carbocycles. The van der Waals surface area contributed by atoms with Crippen molar-refractivity contribution in [2.45, 2.75) is 44.7 Å². The molecule has 0 radical (unpaired) electrons. The van der Waals surface area contributed by atoms with Crippen LogP contribution in [0.5, 0.6) is 0 Å². The van der Waals surface area contributed by atoms with Crippen LogP contribution in [-0.2, 0) is 9.53 Å². The first-order valence-electron chi connectivity index (χ1n) is 5.66. The quantitative estimate of drug-likeness (QED) is 0.685. The zero-order chi connectivity index (χ0) is 11.0. The minimum Gasteiger partial charge on any atom is -0.356 e. The third-order valence-electron chi connectivity index (χ3n) is 3.23. The molecule has 0 aromatic heterocycles. The van der Waals surface area contributed by atoms with Crippen LogP contribution in [0.3, 0.4) is 0 Å². The fraction of sp³-hybridized carbons (Fsp3) is 0.909. The fourth-order valence-electron chi connectivity index (χ4n) is 2.25. The molecule has 0 aromatic rings. The topological polar surface area (TPSA) is 29.5 Å². The Morgan fingerprint density at radius 1 is 1.53 bits per heavy atom. The molecule has 2 saturated heterocycles. The summed E-state index contributed by atoms with van der Waals surface area (Å²) >= 11 is 1.75. The Kier molecular flexibility index (Phi) is 3.26. The third-order valence-corrected chi connectivity index (χ3v) is 4.40. The summed E-state index contributed by atoms with van der Waals surface area (Å²) < 4.78 is 5.72. The molecule has 3 nitrogen and oxygen atoms in total. The first-order chi connectivity index (χ1) is 7.11. The number of carbonyl (C=O) groups excluding carboxylic acids is 1. The second-order valence-corrected chi connectivity index (χ2v) is 6.10. The zero-order valence-electron chi connectivity index (χ0n) is 9.60. The first kappa shape index (κ1) is 11.3. The van der Waals surface area contributed by atoms with Gasteiger partial charge in [-0.25, -0.2) is 0 Å². The molecule has 0 unspecified atom stereocenters. The molecule has 2 fully saturated rings. The standard InChI is InChI=1S/C11H19NO2S/c1-7(2)9-6-14-10-4-5-15-8(3)11(13)12(9)10/h7-10H,4-6H2,1-3H3/t8-,9+,10+/m0/s1. The smallest absolute Gasteiger partial charge is 0.237 e. The minimum atomic E-state index is 0.0438. The summed E-state index contributed by atoms with van der Waals surface area (Å²) in [5.41, 5.74) is 0. The molecule has 2 rings (SSSR count). The first-order valence-corrected chi connectivity index (χ1v) is 6.71. The summed E-state index contributed by atoms with van der Waals surface area (Å²) in [7, 11) is 0. The second-order valence-electron chi connectivity index (χ2n) is 4.65. The SMILES string of the molecule is CC(C)[C@H]1CO[C@@H]2CCS[C@@H](C)C(=O)N12. The van der Waals surface area contributed by atoms with Crippen molar-refractivity contribution in [3.8, 4) is 0 Å². The Morgan fingerprint density at radius 2 is 2.27 bits per heavy atom. The lowest BCUT2D eigenvalue weighted by Crippen LogP contribution is -2.46. The molecular weight excluding hydrogens is 210 g/mol. The van der Waals surface area contributed by atoms with Gasteiger partial charge in [0.15, 0.2) is 0 Å². The Hall–Kier alpha value is -0.220. The average Bonchev–Trinajstić information content (AvgIpc) is 2.55. The van der Waals surface area contributed by atoms with E-state index in [1.165, 1.54) is 0 Å². The summed E-state index contributed by atoms with van der Waals surface area (Å²) in [6, 6.07) is 0.281. The van der Waals surface area contributed by atoms with Crippen LogP contribution in [0.4, 0.5) is 0 Å². The highest BCUT2D eigenvalue weighted by atomic mass is 32.2. The van der Waals surface area contributed by atoms with Crippen LogP contribution in [0.25, 0.3) is 0 Å². The maximum absolute atomic E-state index is 12.2. The minimum absolute atomic E-state index is 0.0438. The lowest BCUT2D eigenvalue weighted by Gasteiger charge is -2.29. The van der Waals surface area contributed by atoms with Crippen molar-refractivity contribution in [1.29, 1.82) is 0 Å². The van der Waals surface area contributed by atoms with E-state index in [9.17, 15) is 4.79 Å². The largest absolute Gasteiger partial charge is 0.356 e. The van der Waals surface area contributed by atoms with Crippen LogP contribution < -0.4 is 0 Å². The number of nitrogens with zero attached hydrogens (tertiary/aromatic N) is 1. The van der Waals surface area contributed by atoms with Crippen molar-refractivity contribution >= 4 is 17.7 Å². The molecular formula is C11H19NO2S. The van der Waals surface area contributed by atoms with Crippen molar-refractivity contribution in [2.75, 3.05) is 12.4 Å². The Balaban J connectivity index is 2.19. The Bertz CT molecular complexity index is 257. The monoisotopic (exact) mass is 229 g/mol. The van der Waals surface area contributed by atoms with Gasteiger partial charge in [-0.15, -0.1) is 11.8 Å². The van der Waals surface area contributed by atoms with E-state index in [4.69, 9.17) is 4.74 Å². The van der Waals surface area contributed by atoms with E-state index in [1.54, 1.807) is 11.8 Å². The van der Waals surface area contributed by atoms with Gasteiger partial charge >= 0.3 is 0 Å². The number of fused-ring (bicyclic) bond motifs is 1. The predicted molar refractivity (Wildman–Crippen MR) is 61.7 cm³/mol. The van der Waals surface area contributed by atoms with Crippen molar-refractivity contribution in [1.82, 2.24) is 4.90 Å². The summed E-state index contributed by atoms with van der Waals surface area (Å²) in [6.07, 6.45) is 1.02. The summed E-state index contributed by atoms with van der Waals surface area (Å²) in [6.45, 7) is 7.04. The number of hydrogen-bond acceptors (Lipinski definition) is 3. The average molecular weight is 229 g/mol. The van der Waals surface area contributed by atoms with Gasteiger partial charge in [0.25, 0.3) is 0 Å². The molecule has 3 atom stereocenters. The summed E-state index contributed by atoms with van der Waals surface area (Å²) in [5, 5.41) is 0.0953. The molecule has 0 bridgehead atoms. The molecule has 2 aliphatic rings. The molecule has 1 amide bonds. The lowest BCUT2D eigenvalue weighted by molar-refractivity contribution is -0.137. The van der Waals surface area contributed by atoms with Crippen LogP contribution in [0, 0.1) is 5.92 Å². The Morgan fingerprint density at radius 3 is 2.93 bits per heavy atom. The molecule has 86 valence electrons. The van der Waals surface area contributed by atoms with Crippen LogP contribution in [0.1, 0.15) is 27.2 Å². The van der Waals surface area contributed by atoms with Crippen molar-refractivity contribution in [3.63, 3.8) is 0 Å². The van der Waals surface area contributed by atoms with E-state index in [1.807, 2.05) is 11.8 Å². The molecule has 0 spiro atoms. The zero-order valence-corrected chi connectivity index (χ0v) is 10.4. The maximum atomic E-state index is 12.2. The van der Waals surface area contributed by atoms with E-state index in [2.05, 4.69) is 13.8 Å². The molecule has 0 aromatic carbocycles. The summed E-state index contributed by atoms with van der Waals surface area (Å²) in [4.78, 5) is 14.2. The van der Waals surface area contributed by atoms with Crippen LogP contribution in [0.2, 0.25) is 0 Å². The van der Waals surface area contributed by atoms with Gasteiger partial charge in [0.05, 0.1) is 17.9 Å². The highest BCUT2D eigenvalue weighted by Crippen LogP contribution is 2.31. The molecule has 15 heavy (non-hydrogen) atoms. The molecule has 2 heterocycles. The third kappa shape index (κ3) is 2.02. The van der Waals surface area contributed by atoms with Crippen molar-refractivity contribution in [3.05, 3.63) is 0 Å². The van der Waals surface area contributed by atoms with Crippen molar-refractivity contribution in [2.24, 2.45) is 5.92 Å². The van der Waals surface area contributed by atoms with Gasteiger partial charge in [0, 0.05) is 6.42 Å². The van der Waals surface area contributed by atoms with Crippen molar-refractivity contribution < 1.29 is 9.53 Å². The van der Waals surface area contributed by atoms with Gasteiger partial charge in [-0.1, -0.05) is 13.8 Å². The number of thioether (sulfide) groups is 1. The van der Waals surface area contributed by atoms with Gasteiger partial charge in [-0.2, -0.15) is 0 Å². The van der Waals surface area contributed by atoms with E-state index < -0.39 is 0 Å². The highest BCUT2D eigenvalue weighted by molar-refractivity contribution is 8.00. The molecule has 4 heteroatoms. The summed E-state index contributed by atoms with van der Waals surface area (Å²) in [5.74, 6) is 1.77. The normalized spacial score (nSPS) is 36.9. The highest BCUT2D eigenvalue weighted by Gasteiger charge is 2.42. The number of amides is 1. The van der Waals surface area contributed by atoms with Gasteiger partial charge in [-0.3, -0.25) is 4.79 Å². The predicted octanol–water partition coefficient (Wildman–Crippen LogP) is 1.72. The maximum Gasteiger partial charge on any atom is 0.237 e. The van der Waals surface area contributed by atoms with Gasteiger partial charge < -0.3 is 9.64 Å². The van der Waals surface area contributed by atoms with E-state index in [0.717, 1.165) is 12.2 Å². The van der Waals surface area contributed by atoms with Gasteiger partial charge in [-0.05, 0) is 18.6 Å². The number of carbonyl (C=O) groups is 1. The Labute approximate surface area is 95.5 Å². The van der Waals surface area contributed by atoms with E-state index >= 15 is 0 Å². The van der Waals surface area contributed by atoms with Crippen LogP contribution in [-0.4, -0.2) is 40.7 Å². The van der Waals surface area contributed by atoms with Gasteiger partial charge in [0.2, 0.25) is 5.91 Å². The van der Waals surface area contributed by atoms with Crippen LogP contribution >= 0.6 is 11.8 Å². The molecule has 0 N–H and O–H groups in total. The number of rotatable bonds is 1.